The molecule has 3 heterocycles. The van der Waals surface area contributed by atoms with Gasteiger partial charge in [-0.1, -0.05) is 0 Å². The first-order chi connectivity index (χ1) is 11.4. The van der Waals surface area contributed by atoms with Gasteiger partial charge in [0.2, 0.25) is 5.91 Å². The molecule has 2 saturated heterocycles. The first-order valence-corrected chi connectivity index (χ1v) is 8.72. The summed E-state index contributed by atoms with van der Waals surface area (Å²) in [5.41, 5.74) is 0.736. The molecule has 2 fully saturated rings. The number of hydrogen-bond donors (Lipinski definition) is 0. The van der Waals surface area contributed by atoms with Crippen LogP contribution in [0.4, 0.5) is 0 Å². The molecule has 2 amide bonds. The van der Waals surface area contributed by atoms with Crippen LogP contribution in [0.2, 0.25) is 0 Å². The van der Waals surface area contributed by atoms with Crippen molar-refractivity contribution >= 4 is 11.8 Å². The number of aromatic nitrogens is 1. The van der Waals surface area contributed by atoms with Crippen LogP contribution >= 0.6 is 0 Å². The van der Waals surface area contributed by atoms with E-state index in [0.717, 1.165) is 38.2 Å². The number of likely N-dealkylation sites (tertiary alicyclic amines) is 2. The molecule has 1 aromatic rings. The molecule has 3 rings (SSSR count). The Labute approximate surface area is 144 Å². The highest BCUT2D eigenvalue weighted by Crippen LogP contribution is 2.36. The lowest BCUT2D eigenvalue weighted by Crippen LogP contribution is -2.51. The van der Waals surface area contributed by atoms with Crippen molar-refractivity contribution in [1.29, 1.82) is 0 Å². The summed E-state index contributed by atoms with van der Waals surface area (Å²) in [5, 5.41) is 0. The van der Waals surface area contributed by atoms with E-state index in [9.17, 15) is 9.59 Å². The monoisotopic (exact) mass is 332 g/mol. The van der Waals surface area contributed by atoms with Crippen molar-refractivity contribution in [2.45, 2.75) is 31.8 Å². The molecule has 0 radical (unpaired) electrons. The number of carbonyl (C=O) groups excluding carboxylic acids is 2. The second kappa shape index (κ2) is 6.59. The van der Waals surface area contributed by atoms with Crippen LogP contribution < -0.4 is 0 Å². The topological polar surface area (TPSA) is 48.8 Å². The number of rotatable bonds is 3. The van der Waals surface area contributed by atoms with Crippen molar-refractivity contribution < 1.29 is 9.59 Å². The molecule has 2 aliphatic rings. The zero-order valence-electron chi connectivity index (χ0n) is 15.1. The molecular weight excluding hydrogens is 304 g/mol. The van der Waals surface area contributed by atoms with E-state index >= 15 is 0 Å². The largest absolute Gasteiger partial charge is 0.347 e. The fourth-order valence-electron chi connectivity index (χ4n) is 4.46. The Morgan fingerprint density at radius 1 is 1.33 bits per heavy atom. The van der Waals surface area contributed by atoms with Crippen LogP contribution in [0.1, 0.15) is 30.3 Å². The van der Waals surface area contributed by atoms with Crippen molar-refractivity contribution in [1.82, 2.24) is 19.3 Å². The number of piperidine rings is 1. The second-order valence-corrected chi connectivity index (χ2v) is 7.45. The zero-order valence-corrected chi connectivity index (χ0v) is 15.1. The Morgan fingerprint density at radius 2 is 2.08 bits per heavy atom. The van der Waals surface area contributed by atoms with Crippen molar-refractivity contribution in [2.24, 2.45) is 13.0 Å². The minimum atomic E-state index is 0.103. The van der Waals surface area contributed by atoms with Crippen LogP contribution in [0.25, 0.3) is 0 Å². The molecule has 6 heteroatoms. The number of fused-ring (bicyclic) bond motifs is 1. The summed E-state index contributed by atoms with van der Waals surface area (Å²) < 4.78 is 1.87. The number of hydrogen-bond acceptors (Lipinski definition) is 3. The third kappa shape index (κ3) is 3.07. The average Bonchev–Trinajstić information content (AvgIpc) is 3.07. The fraction of sp³-hybridized carbons (Fsp3) is 0.667. The van der Waals surface area contributed by atoms with E-state index in [0.29, 0.717) is 5.92 Å². The van der Waals surface area contributed by atoms with Gasteiger partial charge in [0.15, 0.2) is 0 Å². The molecule has 6 nitrogen and oxygen atoms in total. The molecular formula is C18H28N4O2. The summed E-state index contributed by atoms with van der Waals surface area (Å²) in [6.45, 7) is 4.04. The predicted octanol–water partition coefficient (Wildman–Crippen LogP) is 1.04. The highest BCUT2D eigenvalue weighted by molar-refractivity contribution is 5.92. The molecule has 132 valence electrons. The van der Waals surface area contributed by atoms with Gasteiger partial charge in [-0.15, -0.1) is 0 Å². The van der Waals surface area contributed by atoms with E-state index in [2.05, 4.69) is 9.80 Å². The van der Waals surface area contributed by atoms with Crippen molar-refractivity contribution in [3.63, 3.8) is 0 Å². The number of carbonyl (C=O) groups is 2. The lowest BCUT2D eigenvalue weighted by Gasteiger charge is -2.38. The predicted molar refractivity (Wildman–Crippen MR) is 92.7 cm³/mol. The van der Waals surface area contributed by atoms with E-state index in [4.69, 9.17) is 0 Å². The minimum absolute atomic E-state index is 0.103. The maximum Gasteiger partial charge on any atom is 0.270 e. The number of nitrogens with zero attached hydrogens (tertiary/aromatic N) is 4. The van der Waals surface area contributed by atoms with Gasteiger partial charge < -0.3 is 19.3 Å². The fourth-order valence-corrected chi connectivity index (χ4v) is 4.46. The third-order valence-corrected chi connectivity index (χ3v) is 5.41. The quantitative estimate of drug-likeness (QED) is 0.831. The molecule has 0 aromatic carbocycles. The zero-order chi connectivity index (χ0) is 17.4. The van der Waals surface area contributed by atoms with Crippen LogP contribution in [-0.4, -0.2) is 76.9 Å². The van der Waals surface area contributed by atoms with Gasteiger partial charge in [0.1, 0.15) is 5.69 Å². The normalized spacial score (nSPS) is 26.8. The van der Waals surface area contributed by atoms with Crippen LogP contribution in [0, 0.1) is 5.92 Å². The Morgan fingerprint density at radius 3 is 2.67 bits per heavy atom. The first kappa shape index (κ1) is 17.0. The Hall–Kier alpha value is -1.82. The van der Waals surface area contributed by atoms with Gasteiger partial charge in [-0.2, -0.15) is 0 Å². The van der Waals surface area contributed by atoms with Gasteiger partial charge in [0, 0.05) is 51.9 Å². The molecule has 0 bridgehead atoms. The van der Waals surface area contributed by atoms with Crippen LogP contribution in [-0.2, 0) is 11.8 Å². The van der Waals surface area contributed by atoms with E-state index in [-0.39, 0.29) is 23.9 Å². The molecule has 3 atom stereocenters. The molecule has 0 spiro atoms. The molecule has 0 unspecified atom stereocenters. The van der Waals surface area contributed by atoms with Crippen LogP contribution in [0.15, 0.2) is 18.3 Å². The summed E-state index contributed by atoms with van der Waals surface area (Å²) in [4.78, 5) is 31.1. The van der Waals surface area contributed by atoms with E-state index in [1.165, 1.54) is 0 Å². The van der Waals surface area contributed by atoms with Gasteiger partial charge in [-0.25, -0.2) is 0 Å². The average molecular weight is 332 g/mol. The Kier molecular flexibility index (Phi) is 4.67. The standard InChI is InChI=1S/C18H28N4O2/c1-13(23)22-15(12-19(2)3)10-14-11-21(9-7-16(14)22)18(24)17-6-5-8-20(17)4/h5-6,8,14-16H,7,9-12H2,1-4H3/t14-,15+,16+/m1/s1. The van der Waals surface area contributed by atoms with Gasteiger partial charge in [0.25, 0.3) is 5.91 Å². The van der Waals surface area contributed by atoms with Crippen molar-refractivity contribution in [3.8, 4) is 0 Å². The maximum absolute atomic E-state index is 12.8. The first-order valence-electron chi connectivity index (χ1n) is 8.72. The number of likely N-dealkylation sites (N-methyl/N-ethyl adjacent to an activating group) is 1. The lowest BCUT2D eigenvalue weighted by molar-refractivity contribution is -0.132. The van der Waals surface area contributed by atoms with Gasteiger partial charge in [0.05, 0.1) is 0 Å². The Bertz CT molecular complexity index is 624. The van der Waals surface area contributed by atoms with E-state index in [1.807, 2.05) is 48.9 Å². The van der Waals surface area contributed by atoms with Crippen molar-refractivity contribution in [3.05, 3.63) is 24.0 Å². The van der Waals surface area contributed by atoms with E-state index in [1.54, 1.807) is 6.92 Å². The number of aryl methyl sites for hydroxylation is 1. The highest BCUT2D eigenvalue weighted by atomic mass is 16.2. The summed E-state index contributed by atoms with van der Waals surface area (Å²) in [5.74, 6) is 0.653. The molecule has 24 heavy (non-hydrogen) atoms. The van der Waals surface area contributed by atoms with Crippen LogP contribution in [0.3, 0.4) is 0 Å². The summed E-state index contributed by atoms with van der Waals surface area (Å²) in [7, 11) is 6.00. The van der Waals surface area contributed by atoms with Crippen LogP contribution in [0.5, 0.6) is 0 Å². The second-order valence-electron chi connectivity index (χ2n) is 7.45. The maximum atomic E-state index is 12.8. The molecule has 2 aliphatic heterocycles. The molecule has 0 saturated carbocycles. The van der Waals surface area contributed by atoms with Gasteiger partial charge in [-0.05, 0) is 45.0 Å². The van der Waals surface area contributed by atoms with E-state index < -0.39 is 0 Å². The number of amides is 2. The lowest BCUT2D eigenvalue weighted by atomic mass is 9.92. The smallest absolute Gasteiger partial charge is 0.270 e. The SMILES string of the molecule is CC(=O)N1[C@H](CN(C)C)C[C@@H]2CN(C(=O)c3cccn3C)CC[C@@H]21. The summed E-state index contributed by atoms with van der Waals surface area (Å²) in [6, 6.07) is 4.32. The summed E-state index contributed by atoms with van der Waals surface area (Å²) in [6.07, 6.45) is 3.77. The third-order valence-electron chi connectivity index (χ3n) is 5.41. The molecule has 0 aliphatic carbocycles. The molecule has 1 aromatic heterocycles. The van der Waals surface area contributed by atoms with Gasteiger partial charge >= 0.3 is 0 Å². The molecule has 0 N–H and O–H groups in total. The van der Waals surface area contributed by atoms with Crippen molar-refractivity contribution in [2.75, 3.05) is 33.7 Å². The summed E-state index contributed by atoms with van der Waals surface area (Å²) >= 11 is 0. The Balaban J connectivity index is 1.73. The van der Waals surface area contributed by atoms with Gasteiger partial charge in [-0.3, -0.25) is 9.59 Å². The minimum Gasteiger partial charge on any atom is -0.347 e. The highest BCUT2D eigenvalue weighted by Gasteiger charge is 2.45.